The molecule has 1 N–H and O–H groups in total. The summed E-state index contributed by atoms with van der Waals surface area (Å²) in [5.74, 6) is 0.131. The highest BCUT2D eigenvalue weighted by molar-refractivity contribution is 6.01. The highest BCUT2D eigenvalue weighted by Gasteiger charge is 2.35. The van der Waals surface area contributed by atoms with Gasteiger partial charge in [0, 0.05) is 19.5 Å². The van der Waals surface area contributed by atoms with Crippen molar-refractivity contribution in [2.24, 2.45) is 5.92 Å². The number of ether oxygens (including phenoxy) is 1. The molecule has 6 nitrogen and oxygen atoms in total. The number of carbonyl (C=O) groups excluding carboxylic acids is 2. The molecule has 0 spiro atoms. The Bertz CT molecular complexity index is 871. The number of nitrogens with zero attached hydrogens (tertiary/aromatic N) is 2. The first-order valence-electron chi connectivity index (χ1n) is 8.82. The molecule has 0 aromatic heterocycles. The molecule has 1 fully saturated rings. The first kappa shape index (κ1) is 18.5. The van der Waals surface area contributed by atoms with Gasteiger partial charge < -0.3 is 15.0 Å². The van der Waals surface area contributed by atoms with Gasteiger partial charge >= 0.3 is 0 Å². The van der Waals surface area contributed by atoms with Crippen molar-refractivity contribution in [1.82, 2.24) is 5.32 Å². The number of anilines is 1. The van der Waals surface area contributed by atoms with E-state index in [4.69, 9.17) is 4.74 Å². The molecular weight excluding hydrogens is 342 g/mol. The standard InChI is InChI=1S/C21H21N3O3/c1-27-18-8-6-15(7-9-18)10-11-23-21(26)17-12-20(25)24(14-17)19-5-3-2-4-16(19)13-22/h2-9,17H,10-12,14H2,1H3,(H,23,26). The summed E-state index contributed by atoms with van der Waals surface area (Å²) in [4.78, 5) is 26.3. The van der Waals surface area contributed by atoms with Gasteiger partial charge in [0.15, 0.2) is 0 Å². The van der Waals surface area contributed by atoms with Crippen molar-refractivity contribution < 1.29 is 14.3 Å². The molecule has 2 aromatic carbocycles. The number of nitrogens with one attached hydrogen (secondary N) is 1. The van der Waals surface area contributed by atoms with Crippen LogP contribution in [0, 0.1) is 17.2 Å². The van der Waals surface area contributed by atoms with Gasteiger partial charge in [0.25, 0.3) is 0 Å². The monoisotopic (exact) mass is 363 g/mol. The lowest BCUT2D eigenvalue weighted by atomic mass is 10.1. The van der Waals surface area contributed by atoms with Gasteiger partial charge in [0.1, 0.15) is 11.8 Å². The van der Waals surface area contributed by atoms with Crippen LogP contribution in [0.1, 0.15) is 17.5 Å². The normalized spacial score (nSPS) is 16.1. The summed E-state index contributed by atoms with van der Waals surface area (Å²) in [7, 11) is 1.62. The van der Waals surface area contributed by atoms with Crippen molar-refractivity contribution in [3.05, 3.63) is 59.7 Å². The van der Waals surface area contributed by atoms with Gasteiger partial charge in [-0.3, -0.25) is 9.59 Å². The number of para-hydroxylation sites is 1. The number of methoxy groups -OCH3 is 1. The highest BCUT2D eigenvalue weighted by Crippen LogP contribution is 2.27. The summed E-state index contributed by atoms with van der Waals surface area (Å²) in [5, 5.41) is 12.1. The first-order valence-corrected chi connectivity index (χ1v) is 8.82. The number of amides is 2. The zero-order chi connectivity index (χ0) is 19.2. The van der Waals surface area contributed by atoms with Gasteiger partial charge in [-0.05, 0) is 36.2 Å². The lowest BCUT2D eigenvalue weighted by Gasteiger charge is -2.18. The smallest absolute Gasteiger partial charge is 0.227 e. The summed E-state index contributed by atoms with van der Waals surface area (Å²) in [6, 6.07) is 16.7. The molecule has 138 valence electrons. The molecule has 27 heavy (non-hydrogen) atoms. The van der Waals surface area contributed by atoms with Gasteiger partial charge in [-0.15, -0.1) is 0 Å². The summed E-state index contributed by atoms with van der Waals surface area (Å²) in [6.07, 6.45) is 0.867. The lowest BCUT2D eigenvalue weighted by molar-refractivity contribution is -0.126. The summed E-state index contributed by atoms with van der Waals surface area (Å²) >= 11 is 0. The summed E-state index contributed by atoms with van der Waals surface area (Å²) in [6.45, 7) is 0.802. The molecule has 1 aliphatic heterocycles. The van der Waals surface area contributed by atoms with E-state index in [-0.39, 0.29) is 18.2 Å². The number of benzene rings is 2. The molecule has 6 heteroatoms. The van der Waals surface area contributed by atoms with Crippen LogP contribution < -0.4 is 15.0 Å². The molecule has 1 saturated heterocycles. The van der Waals surface area contributed by atoms with Gasteiger partial charge in [0.05, 0.1) is 24.3 Å². The fourth-order valence-corrected chi connectivity index (χ4v) is 3.19. The predicted octanol–water partition coefficient (Wildman–Crippen LogP) is 2.28. The highest BCUT2D eigenvalue weighted by atomic mass is 16.5. The van der Waals surface area contributed by atoms with Crippen LogP contribution in [0.5, 0.6) is 5.75 Å². The second-order valence-electron chi connectivity index (χ2n) is 6.42. The second-order valence-corrected chi connectivity index (χ2v) is 6.42. The van der Waals surface area contributed by atoms with Crippen LogP contribution in [-0.2, 0) is 16.0 Å². The van der Waals surface area contributed by atoms with Gasteiger partial charge in [0.2, 0.25) is 11.8 Å². The van der Waals surface area contributed by atoms with E-state index in [1.807, 2.05) is 24.3 Å². The third-order valence-electron chi connectivity index (χ3n) is 4.68. The zero-order valence-electron chi connectivity index (χ0n) is 15.1. The van der Waals surface area contributed by atoms with Crippen LogP contribution in [0.15, 0.2) is 48.5 Å². The molecule has 0 aliphatic carbocycles. The van der Waals surface area contributed by atoms with Gasteiger partial charge in [-0.1, -0.05) is 24.3 Å². The largest absolute Gasteiger partial charge is 0.497 e. The quantitative estimate of drug-likeness (QED) is 0.854. The van der Waals surface area contributed by atoms with E-state index in [1.54, 1.807) is 31.4 Å². The SMILES string of the molecule is COc1ccc(CCNC(=O)C2CC(=O)N(c3ccccc3C#N)C2)cc1. The van der Waals surface area contributed by atoms with Crippen LogP contribution in [0.2, 0.25) is 0 Å². The number of hydrogen-bond acceptors (Lipinski definition) is 4. The van der Waals surface area contributed by atoms with Crippen LogP contribution in [0.4, 0.5) is 5.69 Å². The van der Waals surface area contributed by atoms with E-state index in [0.29, 0.717) is 30.8 Å². The van der Waals surface area contributed by atoms with Gasteiger partial charge in [-0.25, -0.2) is 0 Å². The molecule has 1 aliphatic rings. The molecule has 0 radical (unpaired) electrons. The van der Waals surface area contributed by atoms with Crippen LogP contribution >= 0.6 is 0 Å². The number of nitriles is 1. The lowest BCUT2D eigenvalue weighted by Crippen LogP contribution is -2.34. The van der Waals surface area contributed by atoms with Crippen LogP contribution in [0.25, 0.3) is 0 Å². The fraction of sp³-hybridized carbons (Fsp3) is 0.286. The van der Waals surface area contributed by atoms with Crippen molar-refractivity contribution in [2.45, 2.75) is 12.8 Å². The van der Waals surface area contributed by atoms with Crippen LogP contribution in [0.3, 0.4) is 0 Å². The van der Waals surface area contributed by atoms with Crippen molar-refractivity contribution >= 4 is 17.5 Å². The Hall–Kier alpha value is -3.33. The van der Waals surface area contributed by atoms with E-state index in [0.717, 1.165) is 11.3 Å². The molecule has 2 amide bonds. The van der Waals surface area contributed by atoms with E-state index in [1.165, 1.54) is 4.90 Å². The maximum absolute atomic E-state index is 12.4. The molecule has 0 bridgehead atoms. The minimum absolute atomic E-state index is 0.131. The van der Waals surface area contributed by atoms with Crippen LogP contribution in [-0.4, -0.2) is 32.0 Å². The number of hydrogen-bond donors (Lipinski definition) is 1. The fourth-order valence-electron chi connectivity index (χ4n) is 3.19. The summed E-state index contributed by atoms with van der Waals surface area (Å²) < 4.78 is 5.13. The molecule has 3 rings (SSSR count). The van der Waals surface area contributed by atoms with E-state index in [2.05, 4.69) is 11.4 Å². The molecule has 1 atom stereocenters. The Morgan fingerprint density at radius 2 is 2.00 bits per heavy atom. The molecular formula is C21H21N3O3. The Morgan fingerprint density at radius 1 is 1.26 bits per heavy atom. The first-order chi connectivity index (χ1) is 13.1. The van der Waals surface area contributed by atoms with Crippen molar-refractivity contribution in [3.63, 3.8) is 0 Å². The molecule has 1 unspecified atom stereocenters. The maximum atomic E-state index is 12.4. The van der Waals surface area contributed by atoms with E-state index < -0.39 is 5.92 Å². The Balaban J connectivity index is 1.55. The predicted molar refractivity (Wildman–Crippen MR) is 101 cm³/mol. The number of carbonyl (C=O) groups is 2. The third kappa shape index (κ3) is 4.26. The van der Waals surface area contributed by atoms with Crippen molar-refractivity contribution in [3.8, 4) is 11.8 Å². The minimum atomic E-state index is -0.403. The average Bonchev–Trinajstić information content (AvgIpc) is 3.10. The van der Waals surface area contributed by atoms with E-state index in [9.17, 15) is 14.9 Å². The molecule has 2 aromatic rings. The molecule has 1 heterocycles. The zero-order valence-corrected chi connectivity index (χ0v) is 15.1. The minimum Gasteiger partial charge on any atom is -0.497 e. The average molecular weight is 363 g/mol. The number of rotatable bonds is 6. The Kier molecular flexibility index (Phi) is 5.72. The molecule has 0 saturated carbocycles. The van der Waals surface area contributed by atoms with Crippen molar-refractivity contribution in [2.75, 3.05) is 25.1 Å². The Morgan fingerprint density at radius 3 is 2.70 bits per heavy atom. The third-order valence-corrected chi connectivity index (χ3v) is 4.68. The topological polar surface area (TPSA) is 82.4 Å². The van der Waals surface area contributed by atoms with Gasteiger partial charge in [-0.2, -0.15) is 5.26 Å². The second kappa shape index (κ2) is 8.37. The summed E-state index contributed by atoms with van der Waals surface area (Å²) in [5.41, 5.74) is 2.10. The Labute approximate surface area is 158 Å². The maximum Gasteiger partial charge on any atom is 0.227 e. The van der Waals surface area contributed by atoms with E-state index >= 15 is 0 Å². The van der Waals surface area contributed by atoms with Crippen molar-refractivity contribution in [1.29, 1.82) is 5.26 Å².